The van der Waals surface area contributed by atoms with Crippen molar-refractivity contribution in [1.82, 2.24) is 30.2 Å². The van der Waals surface area contributed by atoms with E-state index in [1.807, 2.05) is 23.6 Å². The first-order valence-electron chi connectivity index (χ1n) is 17.8. The summed E-state index contributed by atoms with van der Waals surface area (Å²) in [5.41, 5.74) is -7.17. The number of amides is 4. The van der Waals surface area contributed by atoms with Crippen molar-refractivity contribution in [2.75, 3.05) is 6.54 Å². The number of aromatic nitrogens is 2. The van der Waals surface area contributed by atoms with Crippen LogP contribution in [0.25, 0.3) is 21.6 Å². The van der Waals surface area contributed by atoms with Gasteiger partial charge in [0.15, 0.2) is 0 Å². The number of hydrogen-bond acceptors (Lipinski definition) is 11. The minimum Gasteiger partial charge on any atom is -0.471 e. The van der Waals surface area contributed by atoms with Crippen LogP contribution >= 0.6 is 11.3 Å². The van der Waals surface area contributed by atoms with Crippen molar-refractivity contribution in [1.29, 1.82) is 0 Å². The summed E-state index contributed by atoms with van der Waals surface area (Å²) in [5, 5.41) is 7.01. The molecule has 1 saturated carbocycles. The third-order valence-corrected chi connectivity index (χ3v) is 11.4. The van der Waals surface area contributed by atoms with E-state index in [4.69, 9.17) is 19.4 Å². The molecule has 1 aliphatic carbocycles. The quantitative estimate of drug-likeness (QED) is 0.288. The minimum absolute atomic E-state index is 0.130. The zero-order valence-electron chi connectivity index (χ0n) is 30.2. The molecule has 296 valence electrons. The molecule has 6 rings (SSSR count). The van der Waals surface area contributed by atoms with Crippen LogP contribution in [0.4, 0.5) is 18.0 Å². The highest BCUT2D eigenvalue weighted by molar-refractivity contribution is 7.90. The van der Waals surface area contributed by atoms with Crippen LogP contribution < -0.4 is 20.1 Å². The van der Waals surface area contributed by atoms with Crippen molar-refractivity contribution < 1.29 is 50.2 Å². The second-order valence-electron chi connectivity index (χ2n) is 14.7. The SMILES string of the molecule is CC(C)(C)OC(=O)N[C@H]1CCCCC/C=C\C2C[C@@]2(C(=O)NS(=O)(=O)C(F)(F)F)NC(=O)[C@@H]2C[C@@H](Oc3nc4ccccc4nc3-c3cccs3)CN2C1=O. The summed E-state index contributed by atoms with van der Waals surface area (Å²) in [7, 11) is -6.10. The van der Waals surface area contributed by atoms with Crippen LogP contribution in [0.2, 0.25) is 0 Å². The predicted molar refractivity (Wildman–Crippen MR) is 195 cm³/mol. The lowest BCUT2D eigenvalue weighted by molar-refractivity contribution is -0.141. The summed E-state index contributed by atoms with van der Waals surface area (Å²) < 4.78 is 76.8. The van der Waals surface area contributed by atoms with Crippen LogP contribution in [0.15, 0.2) is 53.9 Å². The van der Waals surface area contributed by atoms with E-state index in [9.17, 15) is 40.8 Å². The Morgan fingerprint density at radius 1 is 1.04 bits per heavy atom. The minimum atomic E-state index is -6.10. The van der Waals surface area contributed by atoms with Crippen molar-refractivity contribution in [2.24, 2.45) is 5.92 Å². The average Bonchev–Trinajstić information content (AvgIpc) is 3.39. The van der Waals surface area contributed by atoms with Gasteiger partial charge in [-0.05, 0) is 70.0 Å². The summed E-state index contributed by atoms with van der Waals surface area (Å²) in [6.07, 6.45) is 3.66. The number of halogens is 3. The number of para-hydroxylation sites is 2. The van der Waals surface area contributed by atoms with E-state index in [1.54, 1.807) is 51.1 Å². The van der Waals surface area contributed by atoms with Gasteiger partial charge >= 0.3 is 21.6 Å². The van der Waals surface area contributed by atoms with E-state index in [2.05, 4.69) is 10.6 Å². The van der Waals surface area contributed by atoms with Gasteiger partial charge in [0, 0.05) is 12.3 Å². The van der Waals surface area contributed by atoms with Gasteiger partial charge in [-0.3, -0.25) is 14.4 Å². The first kappa shape index (κ1) is 39.9. The average molecular weight is 807 g/mol. The van der Waals surface area contributed by atoms with E-state index in [1.165, 1.54) is 16.2 Å². The molecule has 4 amide bonds. The summed E-state index contributed by atoms with van der Waals surface area (Å²) in [6.45, 7) is 4.81. The normalized spacial score (nSPS) is 25.7. The number of benzene rings is 1. The summed E-state index contributed by atoms with van der Waals surface area (Å²) in [5.74, 6) is -3.84. The van der Waals surface area contributed by atoms with Gasteiger partial charge in [-0.25, -0.2) is 19.5 Å². The molecule has 1 saturated heterocycles. The van der Waals surface area contributed by atoms with E-state index in [0.29, 0.717) is 42.4 Å². The fraction of sp³-hybridized carbons (Fsp3) is 0.500. The van der Waals surface area contributed by atoms with Gasteiger partial charge in [0.05, 0.1) is 22.5 Å². The summed E-state index contributed by atoms with van der Waals surface area (Å²) in [6, 6.07) is 8.31. The van der Waals surface area contributed by atoms with Crippen molar-refractivity contribution in [3.8, 4) is 16.5 Å². The fourth-order valence-corrected chi connectivity index (χ4v) is 7.93. The first-order valence-corrected chi connectivity index (χ1v) is 20.1. The van der Waals surface area contributed by atoms with Crippen molar-refractivity contribution in [3.05, 3.63) is 53.9 Å². The number of nitrogens with one attached hydrogen (secondary N) is 3. The highest BCUT2D eigenvalue weighted by Crippen LogP contribution is 2.46. The molecular formula is C36H41F3N6O8S2. The zero-order valence-corrected chi connectivity index (χ0v) is 31.9. The number of fused-ring (bicyclic) bond motifs is 3. The molecule has 19 heteroatoms. The number of sulfonamides is 1. The molecule has 3 aromatic rings. The lowest BCUT2D eigenvalue weighted by Gasteiger charge is -2.30. The smallest absolute Gasteiger partial charge is 0.471 e. The Hall–Kier alpha value is -4.78. The fourth-order valence-electron chi connectivity index (χ4n) is 6.68. The Labute approximate surface area is 319 Å². The molecule has 0 bridgehead atoms. The first-order chi connectivity index (χ1) is 25.9. The molecule has 0 radical (unpaired) electrons. The summed E-state index contributed by atoms with van der Waals surface area (Å²) in [4.78, 5) is 66.4. The molecule has 3 N–H and O–H groups in total. The molecule has 5 atom stereocenters. The van der Waals surface area contributed by atoms with E-state index in [-0.39, 0.29) is 31.7 Å². The Balaban J connectivity index is 1.35. The van der Waals surface area contributed by atoms with Gasteiger partial charge in [-0.1, -0.05) is 43.2 Å². The molecule has 55 heavy (non-hydrogen) atoms. The number of carbonyl (C=O) groups is 4. The standard InChI is InChI=1S/C36H41F3N6O8S2/c1-34(2,3)53-33(49)42-25-15-8-6-4-5-7-12-21-19-35(21,32(48)44-55(50,51)36(37,38)39)43-29(46)26-18-22(20-45(26)31(25)47)52-30-28(27-16-11-17-54-27)40-23-13-9-10-14-24(23)41-30/h7,9-14,16-17,21-22,25-26H,4-6,8,15,18-20H2,1-3H3,(H,42,49)(H,43,46)(H,44,48)/b12-7-/t21?,22-,25+,26+,35-/m1/s1. The number of ether oxygens (including phenoxy) is 2. The van der Waals surface area contributed by atoms with E-state index in [0.717, 1.165) is 9.60 Å². The van der Waals surface area contributed by atoms with E-state index < -0.39 is 74.6 Å². The molecule has 14 nitrogen and oxygen atoms in total. The maximum Gasteiger partial charge on any atom is 0.516 e. The molecule has 3 aliphatic rings. The number of rotatable bonds is 6. The van der Waals surface area contributed by atoms with Gasteiger partial charge < -0.3 is 25.0 Å². The number of thiophene rings is 1. The highest BCUT2D eigenvalue weighted by atomic mass is 32.2. The van der Waals surface area contributed by atoms with Crippen LogP contribution in [-0.2, 0) is 29.1 Å². The van der Waals surface area contributed by atoms with Crippen molar-refractivity contribution >= 4 is 56.2 Å². The molecule has 2 fully saturated rings. The second kappa shape index (κ2) is 15.4. The molecule has 2 aliphatic heterocycles. The molecule has 4 heterocycles. The van der Waals surface area contributed by atoms with Gasteiger partial charge in [0.1, 0.15) is 35.0 Å². The second-order valence-corrected chi connectivity index (χ2v) is 17.4. The maximum atomic E-state index is 14.4. The van der Waals surface area contributed by atoms with Crippen LogP contribution in [0.1, 0.15) is 65.7 Å². The Morgan fingerprint density at radius 3 is 2.44 bits per heavy atom. The third kappa shape index (κ3) is 9.03. The topological polar surface area (TPSA) is 186 Å². The van der Waals surface area contributed by atoms with Crippen molar-refractivity contribution in [3.63, 3.8) is 0 Å². The summed E-state index contributed by atoms with van der Waals surface area (Å²) >= 11 is 1.40. The van der Waals surface area contributed by atoms with Gasteiger partial charge in [0.2, 0.25) is 17.7 Å². The van der Waals surface area contributed by atoms with E-state index >= 15 is 0 Å². The largest absolute Gasteiger partial charge is 0.516 e. The number of alkyl halides is 3. The third-order valence-electron chi connectivity index (χ3n) is 9.44. The molecule has 1 unspecified atom stereocenters. The van der Waals surface area contributed by atoms with Gasteiger partial charge in [-0.15, -0.1) is 11.3 Å². The number of allylic oxidation sites excluding steroid dienone is 1. The van der Waals surface area contributed by atoms with Gasteiger partial charge in [-0.2, -0.15) is 21.6 Å². The molecule has 1 aromatic carbocycles. The monoisotopic (exact) mass is 806 g/mol. The van der Waals surface area contributed by atoms with Gasteiger partial charge in [0.25, 0.3) is 5.91 Å². The number of alkyl carbamates (subject to hydrolysis) is 1. The zero-order chi connectivity index (χ0) is 39.8. The van der Waals surface area contributed by atoms with Crippen LogP contribution in [0.3, 0.4) is 0 Å². The Morgan fingerprint density at radius 2 is 1.76 bits per heavy atom. The van der Waals surface area contributed by atoms with Crippen LogP contribution in [0.5, 0.6) is 5.88 Å². The predicted octanol–water partition coefficient (Wildman–Crippen LogP) is 4.96. The Kier molecular flexibility index (Phi) is 11.2. The molecular weight excluding hydrogens is 766 g/mol. The molecule has 2 aromatic heterocycles. The number of carbonyl (C=O) groups excluding carboxylic acids is 4. The number of hydrogen-bond donors (Lipinski definition) is 3. The number of nitrogens with zero attached hydrogens (tertiary/aromatic N) is 3. The lowest BCUT2D eigenvalue weighted by Crippen LogP contribution is -2.59. The Bertz CT molecular complexity index is 2090. The van der Waals surface area contributed by atoms with Crippen LogP contribution in [0, 0.1) is 5.92 Å². The molecule has 0 spiro atoms. The maximum absolute atomic E-state index is 14.4. The highest BCUT2D eigenvalue weighted by Gasteiger charge is 2.63. The van der Waals surface area contributed by atoms with Crippen LogP contribution in [-0.4, -0.2) is 88.5 Å². The van der Waals surface area contributed by atoms with Crippen molar-refractivity contribution in [2.45, 2.75) is 101 Å². The lowest BCUT2D eigenvalue weighted by atomic mass is 10.0.